The minimum atomic E-state index is -1.60. The lowest BCUT2D eigenvalue weighted by molar-refractivity contribution is -0.144. The maximum Gasteiger partial charge on any atom is 0.246 e. The molecule has 1 fully saturated rings. The molecule has 17 heteroatoms. The molecule has 0 bridgehead atoms. The third kappa shape index (κ3) is 12.9. The van der Waals surface area contributed by atoms with Crippen LogP contribution in [0.15, 0.2) is 66.2 Å². The number of unbranched alkanes of at least 4 members (excludes halogenated alkanes) is 1. The van der Waals surface area contributed by atoms with E-state index in [1.54, 1.807) is 16.8 Å². The molecule has 2 aliphatic heterocycles. The van der Waals surface area contributed by atoms with E-state index in [1.165, 1.54) is 30.9 Å². The summed E-state index contributed by atoms with van der Waals surface area (Å²) in [5.74, 6) is -2.81. The number of nitrogens with one attached hydrogen (secondary N) is 3. The number of alkyl halides is 1. The first-order chi connectivity index (χ1) is 33.3. The third-order valence-electron chi connectivity index (χ3n) is 12.9. The number of carbonyl (C=O) groups is 3. The molecule has 5 atom stereocenters. The number of aromatic amines is 1. The number of aryl methyl sites for hydroxylation is 1. The number of para-hydroxylation sites is 1. The first-order valence-electron chi connectivity index (χ1n) is 24.2. The van der Waals surface area contributed by atoms with Gasteiger partial charge in [0.15, 0.2) is 0 Å². The van der Waals surface area contributed by atoms with Crippen molar-refractivity contribution in [3.63, 3.8) is 0 Å². The van der Waals surface area contributed by atoms with E-state index in [-0.39, 0.29) is 69.1 Å². The van der Waals surface area contributed by atoms with E-state index in [2.05, 4.69) is 20.6 Å². The van der Waals surface area contributed by atoms with Gasteiger partial charge < -0.3 is 39.8 Å². The lowest BCUT2D eigenvalue weighted by Crippen LogP contribution is -2.58. The fourth-order valence-corrected chi connectivity index (χ4v) is 10.2. The van der Waals surface area contributed by atoms with Crippen LogP contribution in [-0.2, 0) is 36.8 Å². The summed E-state index contributed by atoms with van der Waals surface area (Å²) in [5, 5.41) is 17.3. The zero-order chi connectivity index (χ0) is 50.3. The number of aromatic nitrogens is 2. The Morgan fingerprint density at radius 1 is 0.957 bits per heavy atom. The Hall–Kier alpha value is -5.33. The van der Waals surface area contributed by atoms with Gasteiger partial charge in [-0.05, 0) is 75.1 Å². The fourth-order valence-electron chi connectivity index (χ4n) is 9.41. The first-order valence-corrected chi connectivity index (χ1v) is 25.0. The Morgan fingerprint density at radius 2 is 1.64 bits per heavy atom. The van der Waals surface area contributed by atoms with E-state index in [0.29, 0.717) is 44.6 Å². The molecule has 2 aromatic heterocycles. The monoisotopic (exact) mass is 988 g/mol. The highest BCUT2D eigenvalue weighted by molar-refractivity contribution is 7.13. The Balaban J connectivity index is 0.808. The van der Waals surface area contributed by atoms with E-state index in [4.69, 9.17) is 14.2 Å². The van der Waals surface area contributed by atoms with Gasteiger partial charge in [0.2, 0.25) is 17.7 Å². The van der Waals surface area contributed by atoms with Crippen molar-refractivity contribution in [2.45, 2.75) is 123 Å². The number of thiazole rings is 1. The molecule has 0 radical (unpaired) electrons. The van der Waals surface area contributed by atoms with Gasteiger partial charge in [0.25, 0.3) is 0 Å². The number of amides is 3. The van der Waals surface area contributed by atoms with Crippen LogP contribution in [0, 0.1) is 24.0 Å². The van der Waals surface area contributed by atoms with Crippen LogP contribution < -0.4 is 15.4 Å². The summed E-state index contributed by atoms with van der Waals surface area (Å²) in [7, 11) is 0. The molecule has 13 nitrogen and oxygen atoms in total. The third-order valence-corrected chi connectivity index (χ3v) is 13.9. The number of carbonyl (C=O) groups excluding carboxylic acids is 3. The summed E-state index contributed by atoms with van der Waals surface area (Å²) in [6.07, 6.45) is 1.54. The van der Waals surface area contributed by atoms with Crippen molar-refractivity contribution in [2.75, 3.05) is 46.1 Å². The Kier molecular flexibility index (Phi) is 17.1. The number of nitrogens with zero attached hydrogens (tertiary/aromatic N) is 3. The Labute approximate surface area is 412 Å². The minimum Gasteiger partial charge on any atom is -0.493 e. The predicted octanol–water partition coefficient (Wildman–Crippen LogP) is 8.35. The molecular weight excluding hydrogens is 922 g/mol. The smallest absolute Gasteiger partial charge is 0.246 e. The molecule has 70 heavy (non-hydrogen) atoms. The van der Waals surface area contributed by atoms with Gasteiger partial charge in [-0.15, -0.1) is 11.3 Å². The second kappa shape index (κ2) is 22.8. The highest BCUT2D eigenvalue weighted by atomic mass is 32.1. The molecule has 2 aliphatic rings. The van der Waals surface area contributed by atoms with E-state index in [1.807, 2.05) is 88.0 Å². The van der Waals surface area contributed by atoms with Crippen molar-refractivity contribution < 1.29 is 46.9 Å². The molecule has 378 valence electrons. The zero-order valence-corrected chi connectivity index (χ0v) is 42.0. The molecule has 3 aromatic carbocycles. The predicted molar refractivity (Wildman–Crippen MR) is 264 cm³/mol. The number of halogens is 3. The summed E-state index contributed by atoms with van der Waals surface area (Å²) in [5.41, 5.74) is 4.72. The Bertz CT molecular complexity index is 2570. The van der Waals surface area contributed by atoms with Crippen molar-refractivity contribution in [3.8, 4) is 16.2 Å². The van der Waals surface area contributed by atoms with Gasteiger partial charge in [0.05, 0.1) is 34.8 Å². The highest BCUT2D eigenvalue weighted by Gasteiger charge is 2.45. The lowest BCUT2D eigenvalue weighted by Gasteiger charge is -2.43. The molecule has 1 saturated heterocycles. The second-order valence-corrected chi connectivity index (χ2v) is 21.1. The molecule has 4 N–H and O–H groups in total. The van der Waals surface area contributed by atoms with Crippen molar-refractivity contribution in [1.82, 2.24) is 30.4 Å². The van der Waals surface area contributed by atoms with E-state index in [9.17, 15) is 19.5 Å². The Morgan fingerprint density at radius 3 is 2.31 bits per heavy atom. The summed E-state index contributed by atoms with van der Waals surface area (Å²) in [6, 6.07) is 15.0. The second-order valence-electron chi connectivity index (χ2n) is 20.2. The van der Waals surface area contributed by atoms with Crippen molar-refractivity contribution in [3.05, 3.63) is 106 Å². The molecule has 0 saturated carbocycles. The van der Waals surface area contributed by atoms with Gasteiger partial charge in [-0.1, -0.05) is 63.2 Å². The minimum absolute atomic E-state index is 0.0123. The SMILES string of the molecule is Cc1ncsc1-c1ccc(CNC(=O)[C@@H]2C[C@@H](O)CN2C(=O)[C@@H](NC(=O)COCCCCOCCCOc2cc(F)c([C@@H]3c4[nH]c5ccccc5c4C[C@@H](C)N3CC(C)(C)F)c(F)c2)C(C)(C)C)cc1. The topological polar surface area (TPSA) is 158 Å². The van der Waals surface area contributed by atoms with Crippen LogP contribution in [-0.4, -0.2) is 119 Å². The van der Waals surface area contributed by atoms with Crippen LogP contribution in [0.3, 0.4) is 0 Å². The quantitative estimate of drug-likeness (QED) is 0.0531. The standard InChI is InChI=1S/C53H67F3N6O7S/c1-32-23-39-38-13-8-9-14-42(38)59-46(39)47(62(32)30-53(6,7)56)45-40(54)25-37(26-41(45)55)69-22-12-21-67-19-10-11-20-68-29-44(64)60-49(52(3,4)5)51(66)61-28-36(63)24-43(61)50(65)57-27-34-15-17-35(18-16-34)48-33(2)58-31-70-48/h8-9,13-18,25-26,31-32,36,43,47,49,59,63H,10-12,19-24,27-30H2,1-7H3,(H,57,65)(H,60,64)/t32-,36-,43+,47-,49-/m1/s1. The number of rotatable bonds is 21. The van der Waals surface area contributed by atoms with Crippen molar-refractivity contribution in [1.29, 1.82) is 0 Å². The maximum absolute atomic E-state index is 16.0. The molecule has 5 aromatic rings. The molecule has 4 heterocycles. The van der Waals surface area contributed by atoms with Crippen LogP contribution in [0.1, 0.15) is 101 Å². The lowest BCUT2D eigenvalue weighted by atomic mass is 9.85. The summed E-state index contributed by atoms with van der Waals surface area (Å²) >= 11 is 1.56. The largest absolute Gasteiger partial charge is 0.493 e. The number of ether oxygens (including phenoxy) is 3. The molecule has 0 spiro atoms. The van der Waals surface area contributed by atoms with Crippen molar-refractivity contribution in [2.24, 2.45) is 5.41 Å². The number of fused-ring (bicyclic) bond motifs is 3. The summed E-state index contributed by atoms with van der Waals surface area (Å²) in [4.78, 5) is 52.4. The number of hydrogen-bond donors (Lipinski definition) is 4. The average molecular weight is 989 g/mol. The van der Waals surface area contributed by atoms with Crippen LogP contribution in [0.5, 0.6) is 5.75 Å². The van der Waals surface area contributed by atoms with E-state index < -0.39 is 58.8 Å². The number of hydrogen-bond acceptors (Lipinski definition) is 10. The van der Waals surface area contributed by atoms with Gasteiger partial charge >= 0.3 is 0 Å². The molecular formula is C53H67F3N6O7S. The first kappa shape index (κ1) is 52.5. The van der Waals surface area contributed by atoms with Gasteiger partial charge in [-0.3, -0.25) is 19.3 Å². The molecule has 7 rings (SSSR count). The van der Waals surface area contributed by atoms with Crippen LogP contribution in [0.25, 0.3) is 21.3 Å². The van der Waals surface area contributed by atoms with Gasteiger partial charge in [-0.2, -0.15) is 0 Å². The number of aliphatic hydroxyl groups excluding tert-OH is 1. The van der Waals surface area contributed by atoms with E-state index in [0.717, 1.165) is 38.2 Å². The van der Waals surface area contributed by atoms with Crippen molar-refractivity contribution >= 4 is 40.0 Å². The fraction of sp³-hybridized carbons (Fsp3) is 0.509. The van der Waals surface area contributed by atoms with Gasteiger partial charge in [-0.25, -0.2) is 18.2 Å². The number of aliphatic hydroxyl groups is 1. The highest BCUT2D eigenvalue weighted by Crippen LogP contribution is 2.44. The van der Waals surface area contributed by atoms with Crippen LogP contribution in [0.4, 0.5) is 13.2 Å². The number of β-amino-alcohol motifs (C(OH)–C–C–N with tert-alkyl or cyclic N) is 1. The number of likely N-dealkylation sites (tertiary alicyclic amines) is 1. The summed E-state index contributed by atoms with van der Waals surface area (Å²) < 4.78 is 64.3. The van der Waals surface area contributed by atoms with Gasteiger partial charge in [0, 0.05) is 92.6 Å². The molecule has 0 aliphatic carbocycles. The maximum atomic E-state index is 16.0. The van der Waals surface area contributed by atoms with E-state index >= 15 is 13.2 Å². The molecule has 3 amide bonds. The summed E-state index contributed by atoms with van der Waals surface area (Å²) in [6.45, 7) is 13.5. The molecule has 0 unspecified atom stereocenters. The van der Waals surface area contributed by atoms with Crippen LogP contribution in [0.2, 0.25) is 0 Å². The van der Waals surface area contributed by atoms with Crippen LogP contribution >= 0.6 is 11.3 Å². The zero-order valence-electron chi connectivity index (χ0n) is 41.2. The normalized spacial score (nSPS) is 19.0. The van der Waals surface area contributed by atoms with Gasteiger partial charge in [0.1, 0.15) is 41.7 Å². The number of H-pyrrole nitrogens is 1. The average Bonchev–Trinajstić information content (AvgIpc) is 4.02. The number of benzene rings is 3.